The molecule has 0 aliphatic rings. The lowest BCUT2D eigenvalue weighted by Crippen LogP contribution is -2.25. The van der Waals surface area contributed by atoms with Gasteiger partial charge in [-0.25, -0.2) is 0 Å². The van der Waals surface area contributed by atoms with Crippen molar-refractivity contribution in [3.05, 3.63) is 29.6 Å². The van der Waals surface area contributed by atoms with E-state index in [9.17, 15) is 4.79 Å². The van der Waals surface area contributed by atoms with E-state index in [2.05, 4.69) is 17.0 Å². The van der Waals surface area contributed by atoms with Crippen molar-refractivity contribution in [3.63, 3.8) is 0 Å². The molecular formula is C11H17N3O. The summed E-state index contributed by atoms with van der Waals surface area (Å²) in [5.74, 6) is 0.00843. The highest BCUT2D eigenvalue weighted by Crippen LogP contribution is 2.12. The second-order valence-corrected chi connectivity index (χ2v) is 3.54. The van der Waals surface area contributed by atoms with Gasteiger partial charge in [0.25, 0.3) is 0 Å². The number of aromatic nitrogens is 2. The summed E-state index contributed by atoms with van der Waals surface area (Å²) >= 11 is 0. The zero-order valence-corrected chi connectivity index (χ0v) is 9.50. The number of rotatable bonds is 4. The molecule has 1 amide bonds. The number of carbonyl (C=O) groups excluding carboxylic acids is 1. The summed E-state index contributed by atoms with van der Waals surface area (Å²) < 4.78 is 1.80. The van der Waals surface area contributed by atoms with Crippen LogP contribution in [0.15, 0.2) is 12.7 Å². The highest BCUT2D eigenvalue weighted by Gasteiger charge is 2.12. The van der Waals surface area contributed by atoms with Gasteiger partial charge in [-0.1, -0.05) is 6.08 Å². The van der Waals surface area contributed by atoms with Crippen molar-refractivity contribution in [1.29, 1.82) is 0 Å². The predicted molar refractivity (Wildman–Crippen MR) is 59.6 cm³/mol. The van der Waals surface area contributed by atoms with Gasteiger partial charge in [0.15, 0.2) is 0 Å². The molecule has 0 aliphatic heterocycles. The molecule has 1 aromatic rings. The number of aryl methyl sites for hydroxylation is 2. The lowest BCUT2D eigenvalue weighted by atomic mass is 10.1. The topological polar surface area (TPSA) is 46.9 Å². The molecule has 1 heterocycles. The Bertz CT molecular complexity index is 379. The fourth-order valence-corrected chi connectivity index (χ4v) is 1.48. The van der Waals surface area contributed by atoms with Gasteiger partial charge in [0.05, 0.1) is 12.1 Å². The van der Waals surface area contributed by atoms with Crippen molar-refractivity contribution >= 4 is 5.91 Å². The number of amides is 1. The average Bonchev–Trinajstić information content (AvgIpc) is 2.42. The van der Waals surface area contributed by atoms with Crippen LogP contribution in [-0.4, -0.2) is 22.2 Å². The summed E-state index contributed by atoms with van der Waals surface area (Å²) in [7, 11) is 1.88. The molecule has 0 radical (unpaired) electrons. The normalized spacial score (nSPS) is 10.1. The molecule has 1 N–H and O–H groups in total. The highest BCUT2D eigenvalue weighted by atomic mass is 16.1. The van der Waals surface area contributed by atoms with Crippen LogP contribution in [-0.2, 0) is 18.3 Å². The second-order valence-electron chi connectivity index (χ2n) is 3.54. The second kappa shape index (κ2) is 4.77. The van der Waals surface area contributed by atoms with Gasteiger partial charge >= 0.3 is 0 Å². The van der Waals surface area contributed by atoms with E-state index in [1.165, 1.54) is 0 Å². The molecule has 0 spiro atoms. The Morgan fingerprint density at radius 1 is 1.60 bits per heavy atom. The van der Waals surface area contributed by atoms with Crippen molar-refractivity contribution in [2.75, 3.05) is 6.54 Å². The van der Waals surface area contributed by atoms with Crippen LogP contribution in [0.4, 0.5) is 0 Å². The van der Waals surface area contributed by atoms with E-state index in [0.29, 0.717) is 13.0 Å². The Morgan fingerprint density at radius 3 is 2.73 bits per heavy atom. The molecule has 15 heavy (non-hydrogen) atoms. The zero-order valence-electron chi connectivity index (χ0n) is 9.50. The van der Waals surface area contributed by atoms with Crippen molar-refractivity contribution < 1.29 is 4.79 Å². The van der Waals surface area contributed by atoms with Gasteiger partial charge in [0.2, 0.25) is 5.91 Å². The minimum Gasteiger partial charge on any atom is -0.352 e. The van der Waals surface area contributed by atoms with Gasteiger partial charge in [-0.3, -0.25) is 9.48 Å². The summed E-state index contributed by atoms with van der Waals surface area (Å²) in [5, 5.41) is 7.01. The predicted octanol–water partition coefficient (Wildman–Crippen LogP) is 0.882. The standard InChI is InChI=1S/C11H17N3O/c1-5-6-12-11(15)7-10-8(2)13-14(4)9(10)3/h5H,1,6-7H2,2-4H3,(H,12,15). The first-order chi connectivity index (χ1) is 7.06. The third kappa shape index (κ3) is 2.68. The van der Waals surface area contributed by atoms with Crippen LogP contribution in [0.2, 0.25) is 0 Å². The van der Waals surface area contributed by atoms with Crippen LogP contribution in [0.1, 0.15) is 17.0 Å². The number of hydrogen-bond donors (Lipinski definition) is 1. The Labute approximate surface area is 90.0 Å². The molecule has 0 fully saturated rings. The number of nitrogens with one attached hydrogen (secondary N) is 1. The minimum atomic E-state index is 0.00843. The molecule has 4 heteroatoms. The van der Waals surface area contributed by atoms with Crippen molar-refractivity contribution in [2.24, 2.45) is 7.05 Å². The van der Waals surface area contributed by atoms with E-state index in [1.54, 1.807) is 10.8 Å². The van der Waals surface area contributed by atoms with E-state index in [1.807, 2.05) is 20.9 Å². The third-order valence-electron chi connectivity index (χ3n) is 2.44. The van der Waals surface area contributed by atoms with E-state index in [-0.39, 0.29) is 5.91 Å². The quantitative estimate of drug-likeness (QED) is 0.745. The van der Waals surface area contributed by atoms with Crippen molar-refractivity contribution in [1.82, 2.24) is 15.1 Å². The molecule has 82 valence electrons. The number of hydrogen-bond acceptors (Lipinski definition) is 2. The molecule has 0 aliphatic carbocycles. The molecule has 0 saturated carbocycles. The van der Waals surface area contributed by atoms with Crippen LogP contribution >= 0.6 is 0 Å². The van der Waals surface area contributed by atoms with E-state index < -0.39 is 0 Å². The first kappa shape index (κ1) is 11.5. The SMILES string of the molecule is C=CCNC(=O)Cc1c(C)nn(C)c1C. The Morgan fingerprint density at radius 2 is 2.27 bits per heavy atom. The van der Waals surface area contributed by atoms with E-state index >= 15 is 0 Å². The smallest absolute Gasteiger partial charge is 0.224 e. The van der Waals surface area contributed by atoms with Crippen LogP contribution in [0.3, 0.4) is 0 Å². The Kier molecular flexibility index (Phi) is 3.66. The average molecular weight is 207 g/mol. The minimum absolute atomic E-state index is 0.00843. The summed E-state index contributed by atoms with van der Waals surface area (Å²) in [6.07, 6.45) is 2.06. The van der Waals surface area contributed by atoms with Gasteiger partial charge in [0, 0.05) is 24.8 Å². The fourth-order valence-electron chi connectivity index (χ4n) is 1.48. The number of carbonyl (C=O) groups is 1. The van der Waals surface area contributed by atoms with Gasteiger partial charge < -0.3 is 5.32 Å². The maximum atomic E-state index is 11.5. The van der Waals surface area contributed by atoms with Crippen LogP contribution in [0, 0.1) is 13.8 Å². The molecule has 0 saturated heterocycles. The van der Waals surface area contributed by atoms with Crippen molar-refractivity contribution in [3.8, 4) is 0 Å². The van der Waals surface area contributed by atoms with Gasteiger partial charge in [-0.2, -0.15) is 5.10 Å². The molecule has 0 bridgehead atoms. The Balaban J connectivity index is 2.71. The Hall–Kier alpha value is -1.58. The molecule has 1 aromatic heterocycles. The van der Waals surface area contributed by atoms with Crippen LogP contribution < -0.4 is 5.32 Å². The summed E-state index contributed by atoms with van der Waals surface area (Å²) in [6.45, 7) is 7.95. The summed E-state index contributed by atoms with van der Waals surface area (Å²) in [5.41, 5.74) is 2.98. The summed E-state index contributed by atoms with van der Waals surface area (Å²) in [6, 6.07) is 0. The van der Waals surface area contributed by atoms with Crippen LogP contribution in [0.5, 0.6) is 0 Å². The first-order valence-electron chi connectivity index (χ1n) is 4.93. The van der Waals surface area contributed by atoms with Gasteiger partial charge in [0.1, 0.15) is 0 Å². The monoisotopic (exact) mass is 207 g/mol. The lowest BCUT2D eigenvalue weighted by molar-refractivity contribution is -0.120. The van der Waals surface area contributed by atoms with Gasteiger partial charge in [-0.05, 0) is 13.8 Å². The largest absolute Gasteiger partial charge is 0.352 e. The van der Waals surface area contributed by atoms with E-state index in [0.717, 1.165) is 17.0 Å². The molecule has 1 rings (SSSR count). The molecule has 4 nitrogen and oxygen atoms in total. The maximum absolute atomic E-state index is 11.5. The lowest BCUT2D eigenvalue weighted by Gasteiger charge is -2.02. The molecule has 0 atom stereocenters. The molecule has 0 aromatic carbocycles. The fraction of sp³-hybridized carbons (Fsp3) is 0.455. The van der Waals surface area contributed by atoms with Gasteiger partial charge in [-0.15, -0.1) is 6.58 Å². The maximum Gasteiger partial charge on any atom is 0.224 e. The first-order valence-corrected chi connectivity index (χ1v) is 4.93. The molecule has 0 unspecified atom stereocenters. The van der Waals surface area contributed by atoms with E-state index in [4.69, 9.17) is 0 Å². The zero-order chi connectivity index (χ0) is 11.4. The number of nitrogens with zero attached hydrogens (tertiary/aromatic N) is 2. The summed E-state index contributed by atoms with van der Waals surface area (Å²) in [4.78, 5) is 11.5. The third-order valence-corrected chi connectivity index (χ3v) is 2.44. The highest BCUT2D eigenvalue weighted by molar-refractivity contribution is 5.79. The van der Waals surface area contributed by atoms with Crippen LogP contribution in [0.25, 0.3) is 0 Å². The van der Waals surface area contributed by atoms with Crippen molar-refractivity contribution in [2.45, 2.75) is 20.3 Å². The molecular weight excluding hydrogens is 190 g/mol.